The molecular weight excluding hydrogens is 282 g/mol. The summed E-state index contributed by atoms with van der Waals surface area (Å²) in [5.74, 6) is 1.04. The highest BCUT2D eigenvalue weighted by atomic mass is 16.5. The molecule has 0 saturated heterocycles. The summed E-state index contributed by atoms with van der Waals surface area (Å²) in [5, 5.41) is 1.35. The van der Waals surface area contributed by atoms with Crippen molar-refractivity contribution in [2.75, 3.05) is 6.61 Å². The van der Waals surface area contributed by atoms with Gasteiger partial charge in [0.15, 0.2) is 0 Å². The number of fused-ring (bicyclic) bond motifs is 6. The number of hydrogen-bond donors (Lipinski definition) is 0. The van der Waals surface area contributed by atoms with Crippen LogP contribution in [0.1, 0.15) is 30.4 Å². The van der Waals surface area contributed by atoms with Crippen LogP contribution in [0.2, 0.25) is 0 Å². The third-order valence-corrected chi connectivity index (χ3v) is 5.63. The summed E-state index contributed by atoms with van der Waals surface area (Å²) in [4.78, 5) is 0. The maximum atomic E-state index is 6.28. The van der Waals surface area contributed by atoms with Crippen molar-refractivity contribution in [1.29, 1.82) is 0 Å². The highest BCUT2D eigenvalue weighted by Crippen LogP contribution is 2.49. The molecule has 3 aromatic rings. The van der Waals surface area contributed by atoms with Gasteiger partial charge >= 0.3 is 0 Å². The lowest BCUT2D eigenvalue weighted by molar-refractivity contribution is 0.0784. The van der Waals surface area contributed by atoms with Crippen LogP contribution in [-0.4, -0.2) is 11.2 Å². The first-order chi connectivity index (χ1) is 11.2. The zero-order valence-electron chi connectivity index (χ0n) is 13.7. The maximum Gasteiger partial charge on any atom is 0.129 e. The molecule has 0 amide bonds. The first kappa shape index (κ1) is 13.2. The van der Waals surface area contributed by atoms with Crippen LogP contribution in [0.25, 0.3) is 22.2 Å². The molecule has 1 fully saturated rings. The normalized spacial score (nSPS) is 18.0. The van der Waals surface area contributed by atoms with Crippen LogP contribution in [0.15, 0.2) is 42.5 Å². The minimum atomic E-state index is 0.138. The zero-order chi connectivity index (χ0) is 15.6. The summed E-state index contributed by atoms with van der Waals surface area (Å²) >= 11 is 0. The predicted molar refractivity (Wildman–Crippen MR) is 94.2 cm³/mol. The van der Waals surface area contributed by atoms with E-state index in [1.165, 1.54) is 52.5 Å². The molecule has 1 aliphatic heterocycles. The van der Waals surface area contributed by atoms with Crippen molar-refractivity contribution in [3.8, 4) is 17.0 Å². The second kappa shape index (κ2) is 4.41. The molecule has 0 N–H and O–H groups in total. The summed E-state index contributed by atoms with van der Waals surface area (Å²) < 4.78 is 8.86. The van der Waals surface area contributed by atoms with Crippen LogP contribution in [-0.2, 0) is 5.54 Å². The fraction of sp³-hybridized carbons (Fsp3) is 0.333. The Morgan fingerprint density at radius 3 is 2.52 bits per heavy atom. The average molecular weight is 303 g/mol. The number of rotatable bonds is 0. The Morgan fingerprint density at radius 1 is 0.957 bits per heavy atom. The van der Waals surface area contributed by atoms with Crippen molar-refractivity contribution < 1.29 is 4.74 Å². The SMILES string of the molecule is Cc1ccc2c(c1)OCC1(CCC1)n1c-2cc2cc(C)ccc21. The first-order valence-corrected chi connectivity index (χ1v) is 8.53. The Kier molecular flexibility index (Phi) is 2.54. The van der Waals surface area contributed by atoms with E-state index in [1.807, 2.05) is 0 Å². The average Bonchev–Trinajstić information content (AvgIpc) is 2.78. The van der Waals surface area contributed by atoms with Gasteiger partial charge in [0, 0.05) is 16.5 Å². The van der Waals surface area contributed by atoms with Gasteiger partial charge in [0.2, 0.25) is 0 Å². The molecule has 0 radical (unpaired) electrons. The second-order valence-electron chi connectivity index (χ2n) is 7.29. The van der Waals surface area contributed by atoms with E-state index < -0.39 is 0 Å². The second-order valence-corrected chi connectivity index (χ2v) is 7.29. The molecule has 5 rings (SSSR count). The van der Waals surface area contributed by atoms with Crippen molar-refractivity contribution in [2.45, 2.75) is 38.6 Å². The van der Waals surface area contributed by atoms with Gasteiger partial charge in [-0.3, -0.25) is 0 Å². The topological polar surface area (TPSA) is 14.2 Å². The molecule has 2 aromatic carbocycles. The molecule has 1 aromatic heterocycles. The van der Waals surface area contributed by atoms with E-state index >= 15 is 0 Å². The molecule has 2 aliphatic rings. The molecule has 0 bridgehead atoms. The number of aromatic nitrogens is 1. The quantitative estimate of drug-likeness (QED) is 0.557. The monoisotopic (exact) mass is 303 g/mol. The van der Waals surface area contributed by atoms with Gasteiger partial charge in [-0.05, 0) is 69.0 Å². The van der Waals surface area contributed by atoms with Crippen LogP contribution >= 0.6 is 0 Å². The van der Waals surface area contributed by atoms with E-state index in [1.54, 1.807) is 0 Å². The predicted octanol–water partition coefficient (Wildman–Crippen LogP) is 5.20. The summed E-state index contributed by atoms with van der Waals surface area (Å²) in [6.45, 7) is 5.09. The molecule has 23 heavy (non-hydrogen) atoms. The van der Waals surface area contributed by atoms with Crippen LogP contribution in [0.4, 0.5) is 0 Å². The third kappa shape index (κ3) is 1.75. The molecule has 0 atom stereocenters. The van der Waals surface area contributed by atoms with Crippen molar-refractivity contribution >= 4 is 10.9 Å². The van der Waals surface area contributed by atoms with Gasteiger partial charge in [-0.1, -0.05) is 17.7 Å². The zero-order valence-corrected chi connectivity index (χ0v) is 13.7. The van der Waals surface area contributed by atoms with Gasteiger partial charge < -0.3 is 9.30 Å². The van der Waals surface area contributed by atoms with E-state index in [2.05, 4.69) is 60.9 Å². The van der Waals surface area contributed by atoms with Gasteiger partial charge in [0.05, 0.1) is 11.2 Å². The minimum absolute atomic E-state index is 0.138. The van der Waals surface area contributed by atoms with Crippen molar-refractivity contribution in [3.63, 3.8) is 0 Å². The molecule has 1 aliphatic carbocycles. The minimum Gasteiger partial charge on any atom is -0.490 e. The van der Waals surface area contributed by atoms with E-state index in [-0.39, 0.29) is 5.54 Å². The number of aryl methyl sites for hydroxylation is 2. The standard InChI is InChI=1S/C21H21NO/c1-14-5-7-18-16(10-14)12-19-17-6-4-15(2)11-20(17)23-13-21(22(18)19)8-3-9-21/h4-7,10-12H,3,8-9,13H2,1-2H3. The summed E-state index contributed by atoms with van der Waals surface area (Å²) in [7, 11) is 0. The Balaban J connectivity index is 1.87. The van der Waals surface area contributed by atoms with Gasteiger partial charge in [0.25, 0.3) is 0 Å². The van der Waals surface area contributed by atoms with E-state index in [4.69, 9.17) is 4.74 Å². The maximum absolute atomic E-state index is 6.28. The molecule has 0 unspecified atom stereocenters. The van der Waals surface area contributed by atoms with Crippen molar-refractivity contribution in [1.82, 2.24) is 4.57 Å². The fourth-order valence-electron chi connectivity index (χ4n) is 4.23. The molecule has 2 heteroatoms. The summed E-state index contributed by atoms with van der Waals surface area (Å²) in [6.07, 6.45) is 3.72. The Morgan fingerprint density at radius 2 is 1.74 bits per heavy atom. The molecule has 2 nitrogen and oxygen atoms in total. The highest BCUT2D eigenvalue weighted by Gasteiger charge is 2.43. The van der Waals surface area contributed by atoms with Gasteiger partial charge in [-0.15, -0.1) is 0 Å². The van der Waals surface area contributed by atoms with E-state index in [0.29, 0.717) is 0 Å². The third-order valence-electron chi connectivity index (χ3n) is 5.63. The van der Waals surface area contributed by atoms with Crippen LogP contribution in [0, 0.1) is 13.8 Å². The van der Waals surface area contributed by atoms with E-state index in [0.717, 1.165) is 12.4 Å². The Labute approximate surface area is 136 Å². The lowest BCUT2D eigenvalue weighted by Crippen LogP contribution is -2.45. The first-order valence-electron chi connectivity index (χ1n) is 8.53. The summed E-state index contributed by atoms with van der Waals surface area (Å²) in [5.41, 5.74) is 6.61. The highest BCUT2D eigenvalue weighted by molar-refractivity contribution is 5.89. The molecule has 1 spiro atoms. The summed E-state index contributed by atoms with van der Waals surface area (Å²) in [6, 6.07) is 15.8. The van der Waals surface area contributed by atoms with Gasteiger partial charge in [0.1, 0.15) is 12.4 Å². The van der Waals surface area contributed by atoms with Gasteiger partial charge in [-0.2, -0.15) is 0 Å². The number of benzene rings is 2. The molecule has 116 valence electrons. The van der Waals surface area contributed by atoms with Crippen LogP contribution in [0.3, 0.4) is 0 Å². The Hall–Kier alpha value is -2.22. The lowest BCUT2D eigenvalue weighted by Gasteiger charge is -2.43. The molecular formula is C21H21NO. The lowest BCUT2D eigenvalue weighted by atomic mass is 9.76. The van der Waals surface area contributed by atoms with E-state index in [9.17, 15) is 0 Å². The Bertz CT molecular complexity index is 930. The largest absolute Gasteiger partial charge is 0.490 e. The van der Waals surface area contributed by atoms with Gasteiger partial charge in [-0.25, -0.2) is 0 Å². The number of hydrogen-bond acceptors (Lipinski definition) is 1. The van der Waals surface area contributed by atoms with Crippen molar-refractivity contribution in [3.05, 3.63) is 53.6 Å². The number of nitrogens with zero attached hydrogens (tertiary/aromatic N) is 1. The fourth-order valence-corrected chi connectivity index (χ4v) is 4.23. The molecule has 2 heterocycles. The van der Waals surface area contributed by atoms with Crippen LogP contribution < -0.4 is 4.74 Å². The van der Waals surface area contributed by atoms with Crippen molar-refractivity contribution in [2.24, 2.45) is 0 Å². The smallest absolute Gasteiger partial charge is 0.129 e. The van der Waals surface area contributed by atoms with Crippen LogP contribution in [0.5, 0.6) is 5.75 Å². The number of ether oxygens (including phenoxy) is 1. The molecule has 1 saturated carbocycles.